The number of rotatable bonds is 4. The van der Waals surface area contributed by atoms with Crippen LogP contribution < -0.4 is 10.6 Å². The van der Waals surface area contributed by atoms with Gasteiger partial charge in [0.2, 0.25) is 0 Å². The van der Waals surface area contributed by atoms with Crippen molar-refractivity contribution in [3.05, 3.63) is 54.1 Å². The lowest BCUT2D eigenvalue weighted by molar-refractivity contribution is 0.382. The molecule has 1 unspecified atom stereocenters. The molecule has 0 spiro atoms. The van der Waals surface area contributed by atoms with Crippen molar-refractivity contribution in [1.82, 2.24) is 10.3 Å². The Hall–Kier alpha value is -2.75. The molecule has 1 saturated carbocycles. The van der Waals surface area contributed by atoms with Crippen LogP contribution in [-0.4, -0.2) is 30.0 Å². The van der Waals surface area contributed by atoms with Crippen molar-refractivity contribution >= 4 is 22.4 Å². The maximum atomic E-state index is 4.55. The molecule has 32 heavy (non-hydrogen) atoms. The van der Waals surface area contributed by atoms with E-state index in [1.165, 1.54) is 79.1 Å². The maximum absolute atomic E-state index is 4.55. The molecule has 3 N–H and O–H groups in total. The molecule has 0 radical (unpaired) electrons. The van der Waals surface area contributed by atoms with Gasteiger partial charge in [0.15, 0.2) is 0 Å². The molecule has 1 aromatic heterocycles. The van der Waals surface area contributed by atoms with Crippen LogP contribution in [0.2, 0.25) is 0 Å². The third-order valence-electron chi connectivity index (χ3n) is 7.23. The molecule has 2 atom stereocenters. The summed E-state index contributed by atoms with van der Waals surface area (Å²) in [7, 11) is 0. The Bertz CT molecular complexity index is 1060. The molecule has 1 fully saturated rings. The molecule has 0 saturated heterocycles. The van der Waals surface area contributed by atoms with E-state index in [0.29, 0.717) is 6.04 Å². The summed E-state index contributed by atoms with van der Waals surface area (Å²) in [6, 6.07) is 18.3. The highest BCUT2D eigenvalue weighted by atomic mass is 15.1. The fraction of sp³-hybridized carbons (Fsp3) is 0.464. The molecule has 2 aromatic carbocycles. The number of aromatic amines is 1. The largest absolute Gasteiger partial charge is 0.382 e. The van der Waals surface area contributed by atoms with E-state index in [1.807, 2.05) is 0 Å². The van der Waals surface area contributed by atoms with Gasteiger partial charge in [-0.3, -0.25) is 4.99 Å². The highest BCUT2D eigenvalue weighted by Crippen LogP contribution is 2.28. The van der Waals surface area contributed by atoms with Crippen molar-refractivity contribution < 1.29 is 0 Å². The number of aromatic nitrogens is 1. The normalized spacial score (nSPS) is 22.3. The smallest absolute Gasteiger partial charge is 0.128 e. The van der Waals surface area contributed by atoms with Crippen LogP contribution in [0.3, 0.4) is 0 Å². The number of benzene rings is 2. The van der Waals surface area contributed by atoms with Gasteiger partial charge in [0, 0.05) is 40.4 Å². The second-order valence-electron chi connectivity index (χ2n) is 9.65. The lowest BCUT2D eigenvalue weighted by Crippen LogP contribution is -2.27. The number of nitrogens with zero attached hydrogens (tertiary/aromatic N) is 1. The first-order chi connectivity index (χ1) is 15.8. The minimum atomic E-state index is 0.581. The van der Waals surface area contributed by atoms with E-state index < -0.39 is 0 Å². The minimum absolute atomic E-state index is 0.581. The number of nitrogens with one attached hydrogen (secondary N) is 3. The molecular weight excluding hydrogens is 392 g/mol. The van der Waals surface area contributed by atoms with E-state index in [-0.39, 0.29) is 0 Å². The van der Waals surface area contributed by atoms with Crippen molar-refractivity contribution in [1.29, 1.82) is 0 Å². The van der Waals surface area contributed by atoms with Crippen LogP contribution in [0.5, 0.6) is 0 Å². The fourth-order valence-electron chi connectivity index (χ4n) is 5.22. The van der Waals surface area contributed by atoms with Gasteiger partial charge in [0.1, 0.15) is 5.84 Å². The summed E-state index contributed by atoms with van der Waals surface area (Å²) in [5.74, 6) is 1.74. The van der Waals surface area contributed by atoms with Crippen LogP contribution in [0.4, 0.5) is 5.69 Å². The van der Waals surface area contributed by atoms with Crippen LogP contribution >= 0.6 is 0 Å². The summed E-state index contributed by atoms with van der Waals surface area (Å²) in [6.07, 6.45) is 11.0. The third-order valence-corrected chi connectivity index (χ3v) is 7.23. The molecule has 3 aromatic rings. The van der Waals surface area contributed by atoms with Gasteiger partial charge in [-0.05, 0) is 60.7 Å². The van der Waals surface area contributed by atoms with Gasteiger partial charge in [-0.25, -0.2) is 0 Å². The van der Waals surface area contributed by atoms with Crippen LogP contribution in [0.1, 0.15) is 63.9 Å². The Morgan fingerprint density at radius 1 is 0.844 bits per heavy atom. The average molecular weight is 429 g/mol. The highest BCUT2D eigenvalue weighted by Gasteiger charge is 2.18. The molecule has 2 heterocycles. The first-order valence-electron chi connectivity index (χ1n) is 12.5. The number of hydrogen-bond acceptors (Lipinski definition) is 3. The Kier molecular flexibility index (Phi) is 6.47. The van der Waals surface area contributed by atoms with E-state index in [9.17, 15) is 0 Å². The number of H-pyrrole nitrogens is 1. The number of hydrogen-bond donors (Lipinski definition) is 3. The van der Waals surface area contributed by atoms with Crippen LogP contribution in [0.25, 0.3) is 22.2 Å². The molecule has 5 rings (SSSR count). The van der Waals surface area contributed by atoms with Gasteiger partial charge >= 0.3 is 0 Å². The number of amidine groups is 1. The predicted molar refractivity (Wildman–Crippen MR) is 137 cm³/mol. The van der Waals surface area contributed by atoms with Crippen molar-refractivity contribution in [3.8, 4) is 11.3 Å². The van der Waals surface area contributed by atoms with Crippen LogP contribution in [0.15, 0.2) is 53.5 Å². The zero-order valence-corrected chi connectivity index (χ0v) is 19.3. The zero-order valence-electron chi connectivity index (χ0n) is 19.3. The van der Waals surface area contributed by atoms with Crippen LogP contribution in [0, 0.1) is 5.92 Å². The van der Waals surface area contributed by atoms with Gasteiger partial charge < -0.3 is 15.6 Å². The molecule has 1 aliphatic carbocycles. The molecule has 0 amide bonds. The zero-order chi connectivity index (χ0) is 21.8. The van der Waals surface area contributed by atoms with E-state index >= 15 is 0 Å². The maximum Gasteiger partial charge on any atom is 0.128 e. The van der Waals surface area contributed by atoms with Gasteiger partial charge in [-0.1, -0.05) is 57.6 Å². The first-order valence-corrected chi connectivity index (χ1v) is 12.5. The molecule has 1 aliphatic heterocycles. The molecule has 168 valence electrons. The highest BCUT2D eigenvalue weighted by molar-refractivity contribution is 6.03. The lowest BCUT2D eigenvalue weighted by Gasteiger charge is -2.27. The second kappa shape index (κ2) is 9.81. The molecule has 0 bridgehead atoms. The molecular formula is C28H36N4. The molecule has 4 nitrogen and oxygen atoms in total. The first kappa shape index (κ1) is 21.1. The predicted octanol–water partition coefficient (Wildman–Crippen LogP) is 6.74. The third kappa shape index (κ3) is 4.85. The second-order valence-corrected chi connectivity index (χ2v) is 9.65. The van der Waals surface area contributed by atoms with Crippen molar-refractivity contribution in [2.24, 2.45) is 10.9 Å². The standard InChI is InChI=1S/C28H36N4/c1-20-8-6-4-2-3-5-7-9-25(20)31-24-13-10-21(11-14-24)27-19-23-18-22(12-15-26(23)32-27)28-29-16-17-30-28/h10-15,18-20,25,31-32H,2-9,16-17H2,1H3,(H,29,30)/t20?,25-/m1/s1. The summed E-state index contributed by atoms with van der Waals surface area (Å²) in [5, 5.41) is 8.45. The molecule has 2 aliphatic rings. The van der Waals surface area contributed by atoms with Crippen LogP contribution in [-0.2, 0) is 0 Å². The Balaban J connectivity index is 1.29. The summed E-state index contributed by atoms with van der Waals surface area (Å²) < 4.78 is 0. The topological polar surface area (TPSA) is 52.2 Å². The number of anilines is 1. The summed E-state index contributed by atoms with van der Waals surface area (Å²) in [6.45, 7) is 4.23. The van der Waals surface area contributed by atoms with Gasteiger partial charge in [-0.15, -0.1) is 0 Å². The monoisotopic (exact) mass is 428 g/mol. The van der Waals surface area contributed by atoms with Crippen molar-refractivity contribution in [2.75, 3.05) is 18.4 Å². The Labute approximate surface area is 191 Å². The number of aliphatic imine (C=N–C) groups is 1. The average Bonchev–Trinajstić information content (AvgIpc) is 3.50. The van der Waals surface area contributed by atoms with Crippen molar-refractivity contribution in [3.63, 3.8) is 0 Å². The fourth-order valence-corrected chi connectivity index (χ4v) is 5.22. The van der Waals surface area contributed by atoms with Crippen molar-refractivity contribution in [2.45, 2.75) is 64.3 Å². The van der Waals surface area contributed by atoms with Gasteiger partial charge in [0.25, 0.3) is 0 Å². The van der Waals surface area contributed by atoms with E-state index in [4.69, 9.17) is 0 Å². The lowest BCUT2D eigenvalue weighted by atomic mass is 9.89. The van der Waals surface area contributed by atoms with Gasteiger partial charge in [-0.2, -0.15) is 0 Å². The molecule has 4 heteroatoms. The quantitative estimate of drug-likeness (QED) is 0.431. The summed E-state index contributed by atoms with van der Waals surface area (Å²) in [5.41, 5.74) is 5.96. The number of fused-ring (bicyclic) bond motifs is 1. The SMILES string of the molecule is CC1CCCCCCCC[C@H]1Nc1ccc(-c2cc3cc(C4=NCCN4)ccc3[nH]2)cc1. The van der Waals surface area contributed by atoms with E-state index in [1.54, 1.807) is 0 Å². The van der Waals surface area contributed by atoms with Gasteiger partial charge in [0.05, 0.1) is 6.54 Å². The van der Waals surface area contributed by atoms with E-state index in [0.717, 1.165) is 30.5 Å². The minimum Gasteiger partial charge on any atom is -0.382 e. The van der Waals surface area contributed by atoms with E-state index in [2.05, 4.69) is 76.1 Å². The Morgan fingerprint density at radius 3 is 2.38 bits per heavy atom. The summed E-state index contributed by atoms with van der Waals surface area (Å²) >= 11 is 0. The Morgan fingerprint density at radius 2 is 1.59 bits per heavy atom. The summed E-state index contributed by atoms with van der Waals surface area (Å²) in [4.78, 5) is 8.13.